The predicted molar refractivity (Wildman–Crippen MR) is 85.7 cm³/mol. The molecule has 0 saturated carbocycles. The van der Waals surface area contributed by atoms with Crippen LogP contribution in [0.5, 0.6) is 5.75 Å². The van der Waals surface area contributed by atoms with Crippen molar-refractivity contribution in [2.24, 2.45) is 0 Å². The van der Waals surface area contributed by atoms with Gasteiger partial charge in [-0.05, 0) is 24.6 Å². The molecule has 0 saturated heterocycles. The minimum atomic E-state index is -0.318. The molecule has 0 radical (unpaired) electrons. The summed E-state index contributed by atoms with van der Waals surface area (Å²) in [6.45, 7) is 1.91. The van der Waals surface area contributed by atoms with Crippen LogP contribution in [0.3, 0.4) is 0 Å². The van der Waals surface area contributed by atoms with E-state index in [-0.39, 0.29) is 23.3 Å². The molecule has 0 unspecified atom stereocenters. The standard InChI is InChI=1S/C18H16N2O2/c1-12(13-6-3-2-4-7-13)20-18(22)15-10-9-14-8-5-11-19-16(14)17(15)21/h2-12,21H,1H3,(H,20,22)/t12-/m1/s1. The van der Waals surface area contributed by atoms with Crippen molar-refractivity contribution in [3.8, 4) is 5.75 Å². The van der Waals surface area contributed by atoms with Gasteiger partial charge >= 0.3 is 0 Å². The van der Waals surface area contributed by atoms with E-state index >= 15 is 0 Å². The second-order valence-corrected chi connectivity index (χ2v) is 5.14. The first-order valence-electron chi connectivity index (χ1n) is 7.09. The molecular formula is C18H16N2O2. The van der Waals surface area contributed by atoms with Crippen molar-refractivity contribution in [1.82, 2.24) is 10.3 Å². The van der Waals surface area contributed by atoms with Crippen molar-refractivity contribution in [2.45, 2.75) is 13.0 Å². The lowest BCUT2D eigenvalue weighted by molar-refractivity contribution is 0.0937. The minimum absolute atomic E-state index is 0.0872. The predicted octanol–water partition coefficient (Wildman–Crippen LogP) is 3.43. The normalized spacial score (nSPS) is 12.0. The van der Waals surface area contributed by atoms with Crippen LogP contribution in [0.15, 0.2) is 60.8 Å². The SMILES string of the molecule is C[C@@H](NC(=O)c1ccc2cccnc2c1O)c1ccccc1. The zero-order valence-corrected chi connectivity index (χ0v) is 12.2. The van der Waals surface area contributed by atoms with Crippen molar-refractivity contribution in [3.05, 3.63) is 71.9 Å². The number of aromatic nitrogens is 1. The number of nitrogens with zero attached hydrogens (tertiary/aromatic N) is 1. The Bertz CT molecular complexity index is 816. The van der Waals surface area contributed by atoms with E-state index in [1.165, 1.54) is 0 Å². The molecule has 3 rings (SSSR count). The first-order chi connectivity index (χ1) is 10.7. The van der Waals surface area contributed by atoms with E-state index in [0.29, 0.717) is 5.52 Å². The van der Waals surface area contributed by atoms with E-state index < -0.39 is 0 Å². The van der Waals surface area contributed by atoms with Crippen molar-refractivity contribution in [3.63, 3.8) is 0 Å². The number of hydrogen-bond donors (Lipinski definition) is 2. The molecule has 0 aliphatic rings. The van der Waals surface area contributed by atoms with E-state index in [2.05, 4.69) is 10.3 Å². The van der Waals surface area contributed by atoms with E-state index in [9.17, 15) is 9.90 Å². The Labute approximate surface area is 128 Å². The minimum Gasteiger partial charge on any atom is -0.505 e. The molecule has 22 heavy (non-hydrogen) atoms. The topological polar surface area (TPSA) is 62.2 Å². The zero-order valence-electron chi connectivity index (χ0n) is 12.2. The summed E-state index contributed by atoms with van der Waals surface area (Å²) in [6, 6.07) is 16.6. The second kappa shape index (κ2) is 5.85. The van der Waals surface area contributed by atoms with Crippen LogP contribution in [-0.2, 0) is 0 Å². The summed E-state index contributed by atoms with van der Waals surface area (Å²) >= 11 is 0. The summed E-state index contributed by atoms with van der Waals surface area (Å²) in [4.78, 5) is 16.5. The number of aromatic hydroxyl groups is 1. The summed E-state index contributed by atoms with van der Waals surface area (Å²) in [5, 5.41) is 14.0. The zero-order chi connectivity index (χ0) is 15.5. The molecule has 0 aliphatic heterocycles. The third-order valence-electron chi connectivity index (χ3n) is 3.64. The highest BCUT2D eigenvalue weighted by Crippen LogP contribution is 2.27. The van der Waals surface area contributed by atoms with E-state index in [1.54, 1.807) is 24.4 Å². The summed E-state index contributed by atoms with van der Waals surface area (Å²) < 4.78 is 0. The Hall–Kier alpha value is -2.88. The van der Waals surface area contributed by atoms with Crippen molar-refractivity contribution in [2.75, 3.05) is 0 Å². The Morgan fingerprint density at radius 1 is 1.09 bits per heavy atom. The lowest BCUT2D eigenvalue weighted by Gasteiger charge is -2.15. The Morgan fingerprint density at radius 3 is 2.64 bits per heavy atom. The van der Waals surface area contributed by atoms with Crippen molar-refractivity contribution >= 4 is 16.8 Å². The summed E-state index contributed by atoms with van der Waals surface area (Å²) in [6.07, 6.45) is 1.59. The van der Waals surface area contributed by atoms with Gasteiger partial charge in [-0.2, -0.15) is 0 Å². The number of carbonyl (C=O) groups excluding carboxylic acids is 1. The number of carbonyl (C=O) groups is 1. The molecular weight excluding hydrogens is 276 g/mol. The van der Waals surface area contributed by atoms with E-state index in [1.807, 2.05) is 43.3 Å². The Balaban J connectivity index is 1.88. The van der Waals surface area contributed by atoms with Gasteiger partial charge in [-0.25, -0.2) is 0 Å². The van der Waals surface area contributed by atoms with Crippen LogP contribution in [0.2, 0.25) is 0 Å². The van der Waals surface area contributed by atoms with Gasteiger partial charge in [0.15, 0.2) is 5.75 Å². The third-order valence-corrected chi connectivity index (χ3v) is 3.64. The molecule has 0 bridgehead atoms. The maximum absolute atomic E-state index is 12.4. The van der Waals surface area contributed by atoms with Gasteiger partial charge in [-0.15, -0.1) is 0 Å². The molecule has 2 N–H and O–H groups in total. The fourth-order valence-electron chi connectivity index (χ4n) is 2.41. The van der Waals surface area contributed by atoms with Gasteiger partial charge in [0.1, 0.15) is 5.52 Å². The van der Waals surface area contributed by atoms with Crippen LogP contribution in [0, 0.1) is 0 Å². The molecule has 1 aromatic heterocycles. The molecule has 0 fully saturated rings. The maximum atomic E-state index is 12.4. The van der Waals surface area contributed by atoms with Crippen LogP contribution in [-0.4, -0.2) is 16.0 Å². The van der Waals surface area contributed by atoms with Gasteiger partial charge in [0.2, 0.25) is 0 Å². The van der Waals surface area contributed by atoms with Crippen LogP contribution >= 0.6 is 0 Å². The largest absolute Gasteiger partial charge is 0.505 e. The second-order valence-electron chi connectivity index (χ2n) is 5.14. The number of phenols is 1. The maximum Gasteiger partial charge on any atom is 0.255 e. The molecule has 1 amide bonds. The number of pyridine rings is 1. The quantitative estimate of drug-likeness (QED) is 0.777. The molecule has 2 aromatic carbocycles. The number of hydrogen-bond acceptors (Lipinski definition) is 3. The fourth-order valence-corrected chi connectivity index (χ4v) is 2.41. The van der Waals surface area contributed by atoms with Gasteiger partial charge in [0.05, 0.1) is 11.6 Å². The van der Waals surface area contributed by atoms with Crippen molar-refractivity contribution in [1.29, 1.82) is 0 Å². The lowest BCUT2D eigenvalue weighted by Crippen LogP contribution is -2.26. The number of rotatable bonds is 3. The monoisotopic (exact) mass is 292 g/mol. The first kappa shape index (κ1) is 14.1. The Morgan fingerprint density at radius 2 is 1.86 bits per heavy atom. The number of benzene rings is 2. The molecule has 0 spiro atoms. The van der Waals surface area contributed by atoms with Crippen LogP contribution < -0.4 is 5.32 Å². The Kier molecular flexibility index (Phi) is 3.74. The van der Waals surface area contributed by atoms with Crippen molar-refractivity contribution < 1.29 is 9.90 Å². The van der Waals surface area contributed by atoms with Gasteiger partial charge in [0.25, 0.3) is 5.91 Å². The number of amides is 1. The van der Waals surface area contributed by atoms with E-state index in [0.717, 1.165) is 10.9 Å². The molecule has 1 atom stereocenters. The molecule has 110 valence electrons. The fraction of sp³-hybridized carbons (Fsp3) is 0.111. The molecule has 4 nitrogen and oxygen atoms in total. The smallest absolute Gasteiger partial charge is 0.255 e. The molecule has 4 heteroatoms. The molecule has 0 aliphatic carbocycles. The van der Waals surface area contributed by atoms with Gasteiger partial charge < -0.3 is 10.4 Å². The number of phenolic OH excluding ortho intramolecular Hbond substituents is 1. The number of nitrogens with one attached hydrogen (secondary N) is 1. The summed E-state index contributed by atoms with van der Waals surface area (Å²) in [5.41, 5.74) is 1.67. The average molecular weight is 292 g/mol. The lowest BCUT2D eigenvalue weighted by atomic mass is 10.1. The van der Waals surface area contributed by atoms with Crippen LogP contribution in [0.1, 0.15) is 28.9 Å². The average Bonchev–Trinajstić information content (AvgIpc) is 2.56. The van der Waals surface area contributed by atoms with Gasteiger partial charge in [-0.3, -0.25) is 9.78 Å². The van der Waals surface area contributed by atoms with Crippen LogP contribution in [0.25, 0.3) is 10.9 Å². The van der Waals surface area contributed by atoms with Gasteiger partial charge in [0, 0.05) is 11.6 Å². The van der Waals surface area contributed by atoms with Crippen LogP contribution in [0.4, 0.5) is 0 Å². The summed E-state index contributed by atoms with van der Waals surface area (Å²) in [7, 11) is 0. The highest BCUT2D eigenvalue weighted by molar-refractivity contribution is 6.02. The number of fused-ring (bicyclic) bond motifs is 1. The first-order valence-corrected chi connectivity index (χ1v) is 7.09. The molecule has 3 aromatic rings. The van der Waals surface area contributed by atoms with Gasteiger partial charge in [-0.1, -0.05) is 42.5 Å². The summed E-state index contributed by atoms with van der Waals surface area (Å²) in [5.74, 6) is -0.405. The third kappa shape index (κ3) is 2.63. The molecule has 1 heterocycles. The highest BCUT2D eigenvalue weighted by atomic mass is 16.3. The van der Waals surface area contributed by atoms with E-state index in [4.69, 9.17) is 0 Å². The highest BCUT2D eigenvalue weighted by Gasteiger charge is 2.16.